The summed E-state index contributed by atoms with van der Waals surface area (Å²) in [5, 5.41) is 11.3. The highest BCUT2D eigenvalue weighted by Gasteiger charge is 2.45. The minimum atomic E-state index is -4.13. The maximum atomic E-state index is 16.5. The van der Waals surface area contributed by atoms with Gasteiger partial charge in [-0.15, -0.1) is 0 Å². The van der Waals surface area contributed by atoms with Crippen LogP contribution in [0, 0.1) is 5.92 Å². The molecular weight excluding hydrogens is 713 g/mol. The fraction of sp³-hybridized carbons (Fsp3) is 0.605. The van der Waals surface area contributed by atoms with Gasteiger partial charge in [-0.25, -0.2) is 17.5 Å². The summed E-state index contributed by atoms with van der Waals surface area (Å²) in [5.74, 6) is -1.26. The molecule has 0 unspecified atom stereocenters. The molecule has 14 heteroatoms. The summed E-state index contributed by atoms with van der Waals surface area (Å²) < 4.78 is 68.7. The topological polar surface area (TPSA) is 127 Å². The third kappa shape index (κ3) is 8.15. The van der Waals surface area contributed by atoms with Crippen molar-refractivity contribution in [2.45, 2.75) is 80.9 Å². The number of halogens is 2. The molecule has 1 saturated heterocycles. The number of methoxy groups -OCH3 is 2. The van der Waals surface area contributed by atoms with E-state index in [2.05, 4.69) is 15.7 Å². The minimum absolute atomic E-state index is 0.0783. The number of carbonyl (C=O) groups excluding carboxylic acids is 1. The quantitative estimate of drug-likeness (QED) is 0.393. The van der Waals surface area contributed by atoms with E-state index in [0.29, 0.717) is 42.7 Å². The van der Waals surface area contributed by atoms with Crippen molar-refractivity contribution in [3.05, 3.63) is 70.0 Å². The van der Waals surface area contributed by atoms with Gasteiger partial charge < -0.3 is 29.0 Å². The van der Waals surface area contributed by atoms with Gasteiger partial charge in [0.25, 0.3) is 5.91 Å². The first kappa shape index (κ1) is 38.9. The van der Waals surface area contributed by atoms with Crippen LogP contribution in [0.4, 0.5) is 10.1 Å². The Labute approximate surface area is 311 Å². The van der Waals surface area contributed by atoms with Gasteiger partial charge >= 0.3 is 0 Å². The van der Waals surface area contributed by atoms with Gasteiger partial charge in [0, 0.05) is 55.9 Å². The van der Waals surface area contributed by atoms with E-state index in [1.54, 1.807) is 39.3 Å². The number of nitrogens with one attached hydrogen (secondary N) is 1. The van der Waals surface area contributed by atoms with Crippen molar-refractivity contribution in [3.8, 4) is 5.75 Å². The second kappa shape index (κ2) is 16.3. The first-order chi connectivity index (χ1) is 24.9. The number of carbonyl (C=O) groups is 1. The zero-order valence-corrected chi connectivity index (χ0v) is 31.9. The van der Waals surface area contributed by atoms with Gasteiger partial charge in [0.15, 0.2) is 0 Å². The molecule has 2 N–H and O–H groups in total. The highest BCUT2D eigenvalue weighted by atomic mass is 35.5. The molecule has 3 heterocycles. The van der Waals surface area contributed by atoms with Crippen LogP contribution in [0.1, 0.15) is 61.0 Å². The van der Waals surface area contributed by atoms with E-state index < -0.39 is 56.6 Å². The fourth-order valence-electron chi connectivity index (χ4n) is 8.14. The molecule has 4 aliphatic rings. The molecule has 11 nitrogen and oxygen atoms in total. The Balaban J connectivity index is 1.40. The molecule has 2 aromatic carbocycles. The van der Waals surface area contributed by atoms with Gasteiger partial charge in [0.05, 0.1) is 49.5 Å². The van der Waals surface area contributed by atoms with Crippen LogP contribution in [0.25, 0.3) is 0 Å². The molecule has 6 atom stereocenters. The molecule has 0 saturated carbocycles. The highest BCUT2D eigenvalue weighted by Crippen LogP contribution is 2.45. The van der Waals surface area contributed by atoms with Gasteiger partial charge in [-0.2, -0.15) is 0 Å². The van der Waals surface area contributed by atoms with Crippen molar-refractivity contribution in [1.29, 1.82) is 0 Å². The van der Waals surface area contributed by atoms with Crippen molar-refractivity contribution in [3.63, 3.8) is 0 Å². The number of sulfonamides is 1. The summed E-state index contributed by atoms with van der Waals surface area (Å²) in [7, 11) is -1.04. The predicted molar refractivity (Wildman–Crippen MR) is 197 cm³/mol. The molecule has 286 valence electrons. The molecule has 0 aromatic heterocycles. The van der Waals surface area contributed by atoms with Crippen LogP contribution < -0.4 is 14.4 Å². The Kier molecular flexibility index (Phi) is 12.2. The Bertz CT molecular complexity index is 1740. The summed E-state index contributed by atoms with van der Waals surface area (Å²) in [6.07, 6.45) is 3.22. The molecule has 1 amide bonds. The van der Waals surface area contributed by atoms with Gasteiger partial charge in [-0.05, 0) is 86.4 Å². The van der Waals surface area contributed by atoms with E-state index in [-0.39, 0.29) is 37.8 Å². The molecule has 0 radical (unpaired) electrons. The number of nitrogens with zero attached hydrogens (tertiary/aromatic N) is 2. The van der Waals surface area contributed by atoms with Crippen LogP contribution in [-0.4, -0.2) is 114 Å². The maximum absolute atomic E-state index is 16.5. The van der Waals surface area contributed by atoms with Crippen LogP contribution in [0.5, 0.6) is 5.75 Å². The number of aryl methyl sites for hydroxylation is 1. The smallest absolute Gasteiger partial charge is 0.264 e. The molecule has 1 aliphatic carbocycles. The molecule has 52 heavy (non-hydrogen) atoms. The monoisotopic (exact) mass is 763 g/mol. The SMILES string of the molecule is COCC(COC)OC[C@H](O)[C@H]1/C(F)=C/C[C@H](C)[C@@H](C)S(=O)(=O)NC(=O)c2ccc3c(c2)N(C[C@@H]2CCN21)C[C@@]1(CCCc2cc(Cl)ccc21)CO3. The second-order valence-electron chi connectivity index (χ2n) is 14.8. The van der Waals surface area contributed by atoms with E-state index in [4.69, 9.17) is 30.5 Å². The number of rotatable bonds is 8. The third-order valence-electron chi connectivity index (χ3n) is 11.3. The van der Waals surface area contributed by atoms with E-state index in [0.717, 1.165) is 25.7 Å². The lowest BCUT2D eigenvalue weighted by atomic mass is 9.70. The first-order valence-corrected chi connectivity index (χ1v) is 20.0. The van der Waals surface area contributed by atoms with Crippen molar-refractivity contribution in [2.24, 2.45) is 5.92 Å². The zero-order chi connectivity index (χ0) is 37.2. The number of aliphatic hydroxyl groups excluding tert-OH is 1. The average molecular weight is 764 g/mol. The van der Waals surface area contributed by atoms with Crippen LogP contribution in [0.2, 0.25) is 5.02 Å². The number of fused-ring (bicyclic) bond motifs is 4. The predicted octanol–water partition coefficient (Wildman–Crippen LogP) is 4.64. The summed E-state index contributed by atoms with van der Waals surface area (Å²) in [6.45, 7) is 5.46. The van der Waals surface area contributed by atoms with Gasteiger partial charge in [0.2, 0.25) is 10.0 Å². The molecule has 2 aromatic rings. The van der Waals surface area contributed by atoms with E-state index in [9.17, 15) is 18.3 Å². The van der Waals surface area contributed by atoms with E-state index in [1.807, 2.05) is 17.0 Å². The summed E-state index contributed by atoms with van der Waals surface area (Å²) in [6, 6.07) is 9.84. The molecule has 6 rings (SSSR count). The van der Waals surface area contributed by atoms with Crippen molar-refractivity contribution in [1.82, 2.24) is 9.62 Å². The number of aliphatic hydroxyl groups is 1. The van der Waals surface area contributed by atoms with Gasteiger partial charge in [-0.1, -0.05) is 30.7 Å². The maximum Gasteiger partial charge on any atom is 0.264 e. The van der Waals surface area contributed by atoms with Crippen LogP contribution >= 0.6 is 11.6 Å². The summed E-state index contributed by atoms with van der Waals surface area (Å²) in [5.41, 5.74) is 2.79. The minimum Gasteiger partial charge on any atom is -0.490 e. The molecule has 1 fully saturated rings. The molecule has 2 bridgehead atoms. The van der Waals surface area contributed by atoms with Crippen LogP contribution in [-0.2, 0) is 36.1 Å². The Hall–Kier alpha value is -2.78. The Morgan fingerprint density at radius 1 is 1.13 bits per heavy atom. The lowest BCUT2D eigenvalue weighted by Crippen LogP contribution is -2.62. The number of hydrogen-bond acceptors (Lipinski definition) is 10. The first-order valence-electron chi connectivity index (χ1n) is 18.1. The number of allylic oxidation sites excluding steroid dienone is 1. The fourth-order valence-corrected chi connectivity index (χ4v) is 9.62. The van der Waals surface area contributed by atoms with E-state index >= 15 is 4.39 Å². The van der Waals surface area contributed by atoms with Crippen molar-refractivity contribution >= 4 is 33.2 Å². The van der Waals surface area contributed by atoms with Crippen molar-refractivity contribution in [2.75, 3.05) is 65.2 Å². The average Bonchev–Trinajstić information content (AvgIpc) is 3.25. The Morgan fingerprint density at radius 2 is 1.90 bits per heavy atom. The standard InChI is InChI=1S/C38H51ClFN3O8S/c1-24-7-11-32(40)36(34(44)21-50-30(19-48-3)20-49-4)43-15-13-29(43)18-42-22-38(14-5-6-26-16-28(39)9-10-31(26)38)23-51-35-12-8-27(17-33(35)42)37(45)41-52(46,47)25(24)2/h8-12,16-17,24-25,29-30,34,36,44H,5-7,13-15,18-23H2,1-4H3,(H,41,45)/b32-11-/t24-,25+,29-,34-,36+,38-/m0/s1. The lowest BCUT2D eigenvalue weighted by molar-refractivity contribution is -0.0941. The van der Waals surface area contributed by atoms with Crippen molar-refractivity contribution < 1.29 is 41.7 Å². The van der Waals surface area contributed by atoms with Crippen LogP contribution in [0.15, 0.2) is 48.3 Å². The number of benzene rings is 2. The largest absolute Gasteiger partial charge is 0.490 e. The number of hydrogen-bond donors (Lipinski definition) is 2. The molecule has 3 aliphatic heterocycles. The summed E-state index contributed by atoms with van der Waals surface area (Å²) in [4.78, 5) is 17.7. The third-order valence-corrected chi connectivity index (χ3v) is 13.5. The van der Waals surface area contributed by atoms with E-state index in [1.165, 1.54) is 24.1 Å². The number of anilines is 1. The second-order valence-corrected chi connectivity index (χ2v) is 17.3. The molecule has 1 spiro atoms. The van der Waals surface area contributed by atoms with Gasteiger partial charge in [0.1, 0.15) is 17.7 Å². The highest BCUT2D eigenvalue weighted by molar-refractivity contribution is 7.90. The number of ether oxygens (including phenoxy) is 4. The summed E-state index contributed by atoms with van der Waals surface area (Å²) >= 11 is 6.43. The normalized spacial score (nSPS) is 29.5. The zero-order valence-electron chi connectivity index (χ0n) is 30.4. The Morgan fingerprint density at radius 3 is 2.62 bits per heavy atom. The molecular formula is C38H51ClFN3O8S. The number of amides is 1. The van der Waals surface area contributed by atoms with Crippen LogP contribution in [0.3, 0.4) is 0 Å². The van der Waals surface area contributed by atoms with Gasteiger partial charge in [-0.3, -0.25) is 9.69 Å². The lowest BCUT2D eigenvalue weighted by Gasteiger charge is -2.50.